The van der Waals surface area contributed by atoms with E-state index in [0.717, 1.165) is 31.2 Å². The van der Waals surface area contributed by atoms with E-state index in [9.17, 15) is 4.39 Å². The maximum atomic E-state index is 13.2. The summed E-state index contributed by atoms with van der Waals surface area (Å²) >= 11 is 3.25. The minimum Gasteiger partial charge on any atom is -0.327 e. The summed E-state index contributed by atoms with van der Waals surface area (Å²) in [6.45, 7) is 2.14. The molecule has 1 atom stereocenters. The Hall–Kier alpha value is -0.410. The number of nitrogens with two attached hydrogens (primary N) is 1. The molecule has 0 aliphatic heterocycles. The van der Waals surface area contributed by atoms with Crippen molar-refractivity contribution in [2.24, 2.45) is 5.73 Å². The summed E-state index contributed by atoms with van der Waals surface area (Å²) < 4.78 is 13.7. The van der Waals surface area contributed by atoms with Crippen molar-refractivity contribution in [3.63, 3.8) is 0 Å². The fourth-order valence-corrected chi connectivity index (χ4v) is 1.98. The molecule has 1 rings (SSSR count). The van der Waals surface area contributed by atoms with Gasteiger partial charge in [-0.05, 0) is 40.4 Å². The van der Waals surface area contributed by atoms with Gasteiger partial charge in [-0.1, -0.05) is 31.9 Å². The first kappa shape index (κ1) is 12.7. The largest absolute Gasteiger partial charge is 0.327 e. The van der Waals surface area contributed by atoms with E-state index in [-0.39, 0.29) is 11.9 Å². The van der Waals surface area contributed by atoms with Crippen LogP contribution in [-0.4, -0.2) is 6.04 Å². The summed E-state index contributed by atoms with van der Waals surface area (Å²) in [6.07, 6.45) is 4.02. The van der Waals surface area contributed by atoms with Gasteiger partial charge < -0.3 is 5.73 Å². The van der Waals surface area contributed by atoms with Gasteiger partial charge in [0.1, 0.15) is 5.82 Å². The van der Waals surface area contributed by atoms with E-state index >= 15 is 0 Å². The Kier molecular flexibility index (Phi) is 5.26. The van der Waals surface area contributed by atoms with E-state index in [2.05, 4.69) is 22.9 Å². The molecular weight excluding hydrogens is 257 g/mol. The summed E-state index contributed by atoms with van der Waals surface area (Å²) in [5, 5.41) is 0. The Morgan fingerprint density at radius 2 is 2.20 bits per heavy atom. The van der Waals surface area contributed by atoms with E-state index in [1.54, 1.807) is 6.07 Å². The van der Waals surface area contributed by atoms with E-state index < -0.39 is 0 Å². The van der Waals surface area contributed by atoms with Crippen LogP contribution in [0.2, 0.25) is 0 Å². The monoisotopic (exact) mass is 273 g/mol. The third-order valence-electron chi connectivity index (χ3n) is 2.44. The predicted molar refractivity (Wildman–Crippen MR) is 65.3 cm³/mol. The Bertz CT molecular complexity index is 314. The first-order valence-electron chi connectivity index (χ1n) is 5.33. The third-order valence-corrected chi connectivity index (χ3v) is 3.33. The first-order valence-corrected chi connectivity index (χ1v) is 6.13. The van der Waals surface area contributed by atoms with Gasteiger partial charge in [0.2, 0.25) is 0 Å². The van der Waals surface area contributed by atoms with Crippen molar-refractivity contribution in [3.8, 4) is 0 Å². The average Bonchev–Trinajstić information content (AvgIpc) is 2.22. The van der Waals surface area contributed by atoms with Crippen molar-refractivity contribution in [2.75, 3.05) is 0 Å². The molecule has 0 bridgehead atoms. The number of hydrogen-bond acceptors (Lipinski definition) is 1. The highest BCUT2D eigenvalue weighted by Crippen LogP contribution is 2.22. The average molecular weight is 274 g/mol. The van der Waals surface area contributed by atoms with Crippen LogP contribution in [0.15, 0.2) is 22.7 Å². The van der Waals surface area contributed by atoms with Crippen LogP contribution in [-0.2, 0) is 6.42 Å². The zero-order chi connectivity index (χ0) is 11.3. The quantitative estimate of drug-likeness (QED) is 0.871. The number of hydrogen-bond donors (Lipinski definition) is 1. The fourth-order valence-electron chi connectivity index (χ4n) is 1.56. The first-order chi connectivity index (χ1) is 7.15. The smallest absolute Gasteiger partial charge is 0.137 e. The Balaban J connectivity index is 2.60. The molecule has 0 radical (unpaired) electrons. The van der Waals surface area contributed by atoms with Crippen LogP contribution >= 0.6 is 15.9 Å². The van der Waals surface area contributed by atoms with Crippen LogP contribution in [0.3, 0.4) is 0 Å². The topological polar surface area (TPSA) is 26.0 Å². The number of unbranched alkanes of at least 4 members (excludes halogenated alkanes) is 1. The van der Waals surface area contributed by atoms with E-state index in [4.69, 9.17) is 5.73 Å². The molecule has 3 heteroatoms. The summed E-state index contributed by atoms with van der Waals surface area (Å²) in [5.74, 6) is -0.213. The maximum absolute atomic E-state index is 13.2. The van der Waals surface area contributed by atoms with Gasteiger partial charge in [0.05, 0.1) is 4.47 Å². The fraction of sp³-hybridized carbons (Fsp3) is 0.500. The predicted octanol–water partition coefficient (Wildman–Crippen LogP) is 3.65. The molecule has 0 amide bonds. The minimum atomic E-state index is -0.213. The van der Waals surface area contributed by atoms with Gasteiger partial charge in [-0.2, -0.15) is 0 Å². The van der Waals surface area contributed by atoms with Crippen molar-refractivity contribution in [2.45, 2.75) is 38.6 Å². The van der Waals surface area contributed by atoms with Crippen molar-refractivity contribution in [1.82, 2.24) is 0 Å². The molecule has 0 aliphatic rings. The van der Waals surface area contributed by atoms with Crippen molar-refractivity contribution < 1.29 is 4.39 Å². The molecule has 1 aromatic carbocycles. The molecule has 1 unspecified atom stereocenters. The second-order valence-corrected chi connectivity index (χ2v) is 4.61. The molecule has 15 heavy (non-hydrogen) atoms. The van der Waals surface area contributed by atoms with Crippen LogP contribution in [0, 0.1) is 5.82 Å². The van der Waals surface area contributed by atoms with Gasteiger partial charge in [0, 0.05) is 6.04 Å². The van der Waals surface area contributed by atoms with Gasteiger partial charge in [-0.25, -0.2) is 4.39 Å². The Labute approximate surface area is 99.0 Å². The Morgan fingerprint density at radius 1 is 1.47 bits per heavy atom. The molecule has 0 heterocycles. The second-order valence-electron chi connectivity index (χ2n) is 3.82. The molecule has 1 aromatic rings. The highest BCUT2D eigenvalue weighted by atomic mass is 79.9. The van der Waals surface area contributed by atoms with Gasteiger partial charge >= 0.3 is 0 Å². The lowest BCUT2D eigenvalue weighted by atomic mass is 10.0. The summed E-state index contributed by atoms with van der Waals surface area (Å²) in [6, 6.07) is 5.22. The summed E-state index contributed by atoms with van der Waals surface area (Å²) in [4.78, 5) is 0. The van der Waals surface area contributed by atoms with E-state index in [1.165, 1.54) is 6.07 Å². The SMILES string of the molecule is CCCCC(N)Cc1cccc(F)c1Br. The maximum Gasteiger partial charge on any atom is 0.137 e. The minimum absolute atomic E-state index is 0.128. The highest BCUT2D eigenvalue weighted by molar-refractivity contribution is 9.10. The molecule has 84 valence electrons. The molecule has 0 spiro atoms. The zero-order valence-electron chi connectivity index (χ0n) is 8.97. The molecular formula is C12H17BrFN. The third kappa shape index (κ3) is 3.92. The van der Waals surface area contributed by atoms with E-state index in [0.29, 0.717) is 4.47 Å². The van der Waals surface area contributed by atoms with Crippen LogP contribution in [0.1, 0.15) is 31.7 Å². The molecule has 0 aromatic heterocycles. The highest BCUT2D eigenvalue weighted by Gasteiger charge is 2.09. The van der Waals surface area contributed by atoms with Crippen LogP contribution in [0.25, 0.3) is 0 Å². The summed E-state index contributed by atoms with van der Waals surface area (Å²) in [5.41, 5.74) is 6.92. The van der Waals surface area contributed by atoms with Crippen molar-refractivity contribution in [1.29, 1.82) is 0 Å². The van der Waals surface area contributed by atoms with E-state index in [1.807, 2.05) is 6.07 Å². The van der Waals surface area contributed by atoms with Gasteiger partial charge in [0.25, 0.3) is 0 Å². The number of halogens is 2. The lowest BCUT2D eigenvalue weighted by Crippen LogP contribution is -2.22. The van der Waals surface area contributed by atoms with Crippen LogP contribution < -0.4 is 5.73 Å². The molecule has 0 saturated carbocycles. The molecule has 2 N–H and O–H groups in total. The lowest BCUT2D eigenvalue weighted by molar-refractivity contribution is 0.567. The number of rotatable bonds is 5. The molecule has 0 fully saturated rings. The van der Waals surface area contributed by atoms with Gasteiger partial charge in [-0.3, -0.25) is 0 Å². The Morgan fingerprint density at radius 3 is 2.87 bits per heavy atom. The molecule has 1 nitrogen and oxygen atoms in total. The standard InChI is InChI=1S/C12H17BrFN/c1-2-3-6-10(15)8-9-5-4-7-11(14)12(9)13/h4-5,7,10H,2-3,6,8,15H2,1H3. The van der Waals surface area contributed by atoms with Crippen LogP contribution in [0.4, 0.5) is 4.39 Å². The molecule has 0 saturated heterocycles. The van der Waals surface area contributed by atoms with Crippen molar-refractivity contribution in [3.05, 3.63) is 34.1 Å². The van der Waals surface area contributed by atoms with Gasteiger partial charge in [0.15, 0.2) is 0 Å². The number of benzene rings is 1. The van der Waals surface area contributed by atoms with Crippen LogP contribution in [0.5, 0.6) is 0 Å². The second kappa shape index (κ2) is 6.23. The lowest BCUT2D eigenvalue weighted by Gasteiger charge is -2.12. The summed E-state index contributed by atoms with van der Waals surface area (Å²) in [7, 11) is 0. The zero-order valence-corrected chi connectivity index (χ0v) is 10.6. The van der Waals surface area contributed by atoms with Gasteiger partial charge in [-0.15, -0.1) is 0 Å². The molecule has 0 aliphatic carbocycles. The normalized spacial score (nSPS) is 12.8. The van der Waals surface area contributed by atoms with Crippen molar-refractivity contribution >= 4 is 15.9 Å².